The summed E-state index contributed by atoms with van der Waals surface area (Å²) in [6.07, 6.45) is 10.5. The third-order valence-corrected chi connectivity index (χ3v) is 7.22. The summed E-state index contributed by atoms with van der Waals surface area (Å²) < 4.78 is 5.04. The number of nitrogens with zero attached hydrogens (tertiary/aromatic N) is 4. The molecule has 0 atom stereocenters. The van der Waals surface area contributed by atoms with Crippen LogP contribution in [-0.4, -0.2) is 52.0 Å². The Kier molecular flexibility index (Phi) is 4.55. The van der Waals surface area contributed by atoms with E-state index in [0.717, 1.165) is 51.9 Å². The smallest absolute Gasteiger partial charge is 0.276 e. The van der Waals surface area contributed by atoms with Gasteiger partial charge in [0.25, 0.3) is 5.91 Å². The van der Waals surface area contributed by atoms with E-state index >= 15 is 0 Å². The maximum absolute atomic E-state index is 12.5. The molecule has 1 fully saturated rings. The highest BCUT2D eigenvalue weighted by Crippen LogP contribution is 2.34. The number of aromatic nitrogens is 2. The average Bonchev–Trinajstić information content (AvgIpc) is 3.24. The van der Waals surface area contributed by atoms with Gasteiger partial charge in [0.2, 0.25) is 0 Å². The van der Waals surface area contributed by atoms with Gasteiger partial charge >= 0.3 is 0 Å². The van der Waals surface area contributed by atoms with Gasteiger partial charge in [-0.1, -0.05) is 11.2 Å². The van der Waals surface area contributed by atoms with Crippen molar-refractivity contribution in [3.8, 4) is 0 Å². The Morgan fingerprint density at radius 2 is 2.00 bits per heavy atom. The van der Waals surface area contributed by atoms with Gasteiger partial charge in [-0.2, -0.15) is 0 Å². The van der Waals surface area contributed by atoms with Crippen LogP contribution in [0.1, 0.15) is 50.6 Å². The first-order valence-electron chi connectivity index (χ1n) is 10.0. The van der Waals surface area contributed by atoms with E-state index in [2.05, 4.69) is 28.3 Å². The Hall–Kier alpha value is -2.41. The fourth-order valence-electron chi connectivity index (χ4n) is 4.17. The first-order valence-corrected chi connectivity index (χ1v) is 10.8. The van der Waals surface area contributed by atoms with E-state index in [-0.39, 0.29) is 5.91 Å². The molecule has 1 amide bonds. The molecule has 6 nitrogen and oxygen atoms in total. The topological polar surface area (TPSA) is 62.5 Å². The van der Waals surface area contributed by atoms with Crippen molar-refractivity contribution in [2.24, 2.45) is 0 Å². The van der Waals surface area contributed by atoms with Crippen molar-refractivity contribution in [2.75, 3.05) is 26.2 Å². The molecule has 0 unspecified atom stereocenters. The van der Waals surface area contributed by atoms with Crippen molar-refractivity contribution in [3.63, 3.8) is 0 Å². The fraction of sp³-hybridized carbons (Fsp3) is 0.476. The predicted molar refractivity (Wildman–Crippen MR) is 107 cm³/mol. The van der Waals surface area contributed by atoms with Crippen LogP contribution in [0.4, 0.5) is 0 Å². The highest BCUT2D eigenvalue weighted by Gasteiger charge is 2.29. The van der Waals surface area contributed by atoms with Gasteiger partial charge in [-0.15, -0.1) is 11.3 Å². The molecule has 2 aromatic heterocycles. The van der Waals surface area contributed by atoms with Crippen LogP contribution in [0.15, 0.2) is 34.5 Å². The lowest BCUT2D eigenvalue weighted by atomic mass is 9.97. The van der Waals surface area contributed by atoms with Gasteiger partial charge in [0.05, 0.1) is 10.7 Å². The molecule has 0 spiro atoms. The third-order valence-electron chi connectivity index (χ3n) is 5.90. The summed E-state index contributed by atoms with van der Waals surface area (Å²) in [5, 5.41) is 5.13. The molecule has 5 rings (SSSR count). The molecule has 2 aliphatic heterocycles. The molecular formula is C21H24N4O2S. The number of piperidine rings is 1. The van der Waals surface area contributed by atoms with E-state index in [9.17, 15) is 4.79 Å². The number of rotatable bonds is 3. The second-order valence-electron chi connectivity index (χ2n) is 7.75. The summed E-state index contributed by atoms with van der Waals surface area (Å²) in [5.41, 5.74) is 3.07. The second kappa shape index (κ2) is 7.20. The maximum Gasteiger partial charge on any atom is 0.276 e. The van der Waals surface area contributed by atoms with Crippen LogP contribution < -0.4 is 0 Å². The highest BCUT2D eigenvalue weighted by atomic mass is 32.1. The van der Waals surface area contributed by atoms with E-state index < -0.39 is 0 Å². The van der Waals surface area contributed by atoms with Gasteiger partial charge in [-0.05, 0) is 31.9 Å². The second-order valence-corrected chi connectivity index (χ2v) is 8.86. The maximum atomic E-state index is 12.5. The zero-order chi connectivity index (χ0) is 19.1. The number of thiazole rings is 1. The van der Waals surface area contributed by atoms with Crippen molar-refractivity contribution in [1.82, 2.24) is 19.9 Å². The summed E-state index contributed by atoms with van der Waals surface area (Å²) in [5.74, 6) is 1.11. The van der Waals surface area contributed by atoms with Crippen LogP contribution in [0.5, 0.6) is 0 Å². The Balaban J connectivity index is 1.20. The average molecular weight is 397 g/mol. The number of fused-ring (bicyclic) bond motifs is 1. The molecule has 7 heteroatoms. The summed E-state index contributed by atoms with van der Waals surface area (Å²) >= 11 is 1.90. The minimum Gasteiger partial charge on any atom is -0.371 e. The Labute approximate surface area is 168 Å². The number of likely N-dealkylation sites (tertiary alicyclic amines) is 1. The fourth-order valence-corrected chi connectivity index (χ4v) is 5.44. The van der Waals surface area contributed by atoms with Crippen molar-refractivity contribution in [3.05, 3.63) is 57.0 Å². The zero-order valence-corrected chi connectivity index (χ0v) is 16.9. The predicted octanol–water partition coefficient (Wildman–Crippen LogP) is 3.31. The Bertz CT molecular complexity index is 924. The zero-order valence-electron chi connectivity index (χ0n) is 16.1. The molecule has 2 aromatic rings. The molecule has 3 aliphatic rings. The SMILES string of the molecule is Cc1cc(C(=O)N2CCC(c3nc4c(s3)CCN(C3=CC=C3)CC4)CC2)no1. The first-order chi connectivity index (χ1) is 13.7. The summed E-state index contributed by atoms with van der Waals surface area (Å²) in [6.45, 7) is 5.45. The highest BCUT2D eigenvalue weighted by molar-refractivity contribution is 7.11. The van der Waals surface area contributed by atoms with E-state index in [1.807, 2.05) is 23.2 Å². The van der Waals surface area contributed by atoms with Gasteiger partial charge in [-0.25, -0.2) is 4.98 Å². The van der Waals surface area contributed by atoms with Gasteiger partial charge in [0.15, 0.2) is 5.69 Å². The van der Waals surface area contributed by atoms with E-state index in [0.29, 0.717) is 17.4 Å². The van der Waals surface area contributed by atoms with Crippen molar-refractivity contribution >= 4 is 17.2 Å². The normalized spacial score (nSPS) is 19.8. The lowest BCUT2D eigenvalue weighted by Gasteiger charge is -2.30. The Morgan fingerprint density at radius 3 is 2.68 bits per heavy atom. The van der Waals surface area contributed by atoms with Gasteiger partial charge < -0.3 is 14.3 Å². The summed E-state index contributed by atoms with van der Waals surface area (Å²) in [4.78, 5) is 23.4. The van der Waals surface area contributed by atoms with Crippen molar-refractivity contribution < 1.29 is 9.32 Å². The molecule has 0 bridgehead atoms. The molecule has 28 heavy (non-hydrogen) atoms. The first kappa shape index (κ1) is 17.7. The molecule has 0 saturated carbocycles. The standard InChI is InChI=1S/C21H24N4O2S/c1-14-13-18(23-27-14)21(26)25-9-5-15(6-10-25)20-22-17-7-11-24(16-3-2-4-16)12-8-19(17)28-20/h2-4,13,15H,5-12H2,1H3. The molecule has 146 valence electrons. The van der Waals surface area contributed by atoms with Crippen LogP contribution in [0.25, 0.3) is 0 Å². The quantitative estimate of drug-likeness (QED) is 0.796. The molecule has 0 aromatic carbocycles. The van der Waals surface area contributed by atoms with Crippen molar-refractivity contribution in [2.45, 2.75) is 38.5 Å². The number of hydrogen-bond donors (Lipinski definition) is 0. The monoisotopic (exact) mass is 396 g/mol. The molecule has 0 radical (unpaired) electrons. The molecule has 0 N–H and O–H groups in total. The number of hydrogen-bond acceptors (Lipinski definition) is 6. The Morgan fingerprint density at radius 1 is 1.21 bits per heavy atom. The lowest BCUT2D eigenvalue weighted by Crippen LogP contribution is -2.38. The van der Waals surface area contributed by atoms with E-state index in [4.69, 9.17) is 9.51 Å². The van der Waals surface area contributed by atoms with Crippen LogP contribution >= 0.6 is 11.3 Å². The summed E-state index contributed by atoms with van der Waals surface area (Å²) in [6, 6.07) is 1.71. The number of allylic oxidation sites excluding steroid dienone is 3. The van der Waals surface area contributed by atoms with Gasteiger partial charge in [0.1, 0.15) is 5.76 Å². The number of carbonyl (C=O) groups excluding carboxylic acids is 1. The van der Waals surface area contributed by atoms with E-state index in [1.54, 1.807) is 6.07 Å². The number of carbonyl (C=O) groups is 1. The van der Waals surface area contributed by atoms with Gasteiger partial charge in [-0.3, -0.25) is 4.79 Å². The molecule has 4 heterocycles. The number of amides is 1. The molecule has 1 aliphatic carbocycles. The van der Waals surface area contributed by atoms with Crippen LogP contribution in [0.3, 0.4) is 0 Å². The minimum atomic E-state index is -0.0235. The van der Waals surface area contributed by atoms with Crippen LogP contribution in [-0.2, 0) is 12.8 Å². The largest absolute Gasteiger partial charge is 0.371 e. The van der Waals surface area contributed by atoms with Crippen LogP contribution in [0.2, 0.25) is 0 Å². The third kappa shape index (κ3) is 3.28. The number of aryl methyl sites for hydroxylation is 1. The molecule has 1 saturated heterocycles. The summed E-state index contributed by atoms with van der Waals surface area (Å²) in [7, 11) is 0. The van der Waals surface area contributed by atoms with Crippen molar-refractivity contribution in [1.29, 1.82) is 0 Å². The lowest BCUT2D eigenvalue weighted by molar-refractivity contribution is 0.0702. The van der Waals surface area contributed by atoms with Crippen LogP contribution in [0, 0.1) is 6.92 Å². The minimum absolute atomic E-state index is 0.0235. The molecular weight excluding hydrogens is 372 g/mol. The van der Waals surface area contributed by atoms with E-state index in [1.165, 1.54) is 21.3 Å². The van der Waals surface area contributed by atoms with Gasteiger partial charge in [0, 0.05) is 61.6 Å².